The van der Waals surface area contributed by atoms with Crippen molar-refractivity contribution >= 4 is 23.0 Å². The number of esters is 1. The Hall–Kier alpha value is -2.83. The maximum Gasteiger partial charge on any atom is 0.408 e. The zero-order valence-electron chi connectivity index (χ0n) is 18.4. The third-order valence-electron chi connectivity index (χ3n) is 4.98. The van der Waals surface area contributed by atoms with Crippen LogP contribution in [0.15, 0.2) is 21.3 Å². The van der Waals surface area contributed by atoms with Crippen molar-refractivity contribution in [2.24, 2.45) is 5.92 Å². The summed E-state index contributed by atoms with van der Waals surface area (Å²) in [7, 11) is 0. The van der Waals surface area contributed by atoms with Crippen molar-refractivity contribution < 1.29 is 23.5 Å². The van der Waals surface area contributed by atoms with Crippen molar-refractivity contribution in [3.63, 3.8) is 0 Å². The highest BCUT2D eigenvalue weighted by Gasteiger charge is 2.30. The summed E-state index contributed by atoms with van der Waals surface area (Å²) in [5.74, 6) is -0.473. The molecule has 0 aliphatic heterocycles. The predicted molar refractivity (Wildman–Crippen MR) is 113 cm³/mol. The van der Waals surface area contributed by atoms with Gasteiger partial charge in [-0.15, -0.1) is 0 Å². The molecule has 1 aromatic carbocycles. The Balaban J connectivity index is 1.94. The zero-order chi connectivity index (χ0) is 22.2. The minimum absolute atomic E-state index is 0.218. The van der Waals surface area contributed by atoms with Gasteiger partial charge in [0.2, 0.25) is 0 Å². The topological polar surface area (TPSA) is 94.8 Å². The van der Waals surface area contributed by atoms with Gasteiger partial charge in [0.25, 0.3) is 0 Å². The summed E-state index contributed by atoms with van der Waals surface area (Å²) in [5, 5.41) is 3.26. The molecule has 1 unspecified atom stereocenters. The van der Waals surface area contributed by atoms with Gasteiger partial charge in [0, 0.05) is 5.56 Å². The number of hydrogen-bond acceptors (Lipinski definition) is 6. The van der Waals surface area contributed by atoms with E-state index in [2.05, 4.69) is 5.32 Å². The number of fused-ring (bicyclic) bond motifs is 3. The number of ether oxygens (including phenoxy) is 2. The lowest BCUT2D eigenvalue weighted by atomic mass is 10.0. The van der Waals surface area contributed by atoms with Crippen molar-refractivity contribution in [1.29, 1.82) is 0 Å². The van der Waals surface area contributed by atoms with Gasteiger partial charge in [-0.3, -0.25) is 0 Å². The smallest absolute Gasteiger partial charge is 0.408 e. The first-order valence-corrected chi connectivity index (χ1v) is 10.3. The molecular formula is C23H29NO6. The second-order valence-corrected chi connectivity index (χ2v) is 9.13. The number of rotatable bonds is 4. The number of benzene rings is 1. The Morgan fingerprint density at radius 1 is 1.13 bits per heavy atom. The van der Waals surface area contributed by atoms with Crippen molar-refractivity contribution in [2.45, 2.75) is 72.4 Å². The molecule has 0 saturated heterocycles. The minimum atomic E-state index is -0.890. The molecule has 1 aromatic heterocycles. The van der Waals surface area contributed by atoms with Crippen LogP contribution in [0.2, 0.25) is 0 Å². The number of carbonyl (C=O) groups excluding carboxylic acids is 2. The van der Waals surface area contributed by atoms with Gasteiger partial charge < -0.3 is 19.2 Å². The lowest BCUT2D eigenvalue weighted by Crippen LogP contribution is -2.48. The molecule has 7 heteroatoms. The number of alkyl carbamates (subject to hydrolysis) is 1. The van der Waals surface area contributed by atoms with E-state index in [0.29, 0.717) is 28.7 Å². The predicted octanol–water partition coefficient (Wildman–Crippen LogP) is 4.04. The van der Waals surface area contributed by atoms with E-state index in [9.17, 15) is 14.4 Å². The van der Waals surface area contributed by atoms with Crippen LogP contribution < -0.4 is 15.7 Å². The van der Waals surface area contributed by atoms with Gasteiger partial charge in [0.1, 0.15) is 23.0 Å². The van der Waals surface area contributed by atoms with Gasteiger partial charge in [0.15, 0.2) is 0 Å². The normalized spacial score (nSPS) is 14.5. The number of aryl methyl sites for hydroxylation is 2. The molecule has 1 amide bonds. The standard InChI is InChI=1S/C23H29NO6/c1-12(2)19(24-22(27)30-23(4,5)6)21(26)29-17-11-13(3)10-16-18(17)14-8-7-9-15(14)20(25)28-16/h10-12,19H,7-9H2,1-6H3,(H,24,27). The number of amides is 1. The maximum atomic E-state index is 13.0. The molecule has 1 aliphatic carbocycles. The largest absolute Gasteiger partial charge is 0.444 e. The van der Waals surface area contributed by atoms with E-state index in [4.69, 9.17) is 13.9 Å². The number of nitrogens with one attached hydrogen (secondary N) is 1. The summed E-state index contributed by atoms with van der Waals surface area (Å²) in [6.07, 6.45) is 1.56. The van der Waals surface area contributed by atoms with E-state index < -0.39 is 23.7 Å². The average Bonchev–Trinajstić information content (AvgIpc) is 3.07. The molecule has 3 rings (SSSR count). The Labute approximate surface area is 175 Å². The molecule has 2 aromatic rings. The van der Waals surface area contributed by atoms with Crippen molar-refractivity contribution in [1.82, 2.24) is 5.32 Å². The molecule has 1 heterocycles. The van der Waals surface area contributed by atoms with Crippen LogP contribution in [0.5, 0.6) is 5.75 Å². The molecule has 1 N–H and O–H groups in total. The lowest BCUT2D eigenvalue weighted by molar-refractivity contribution is -0.137. The van der Waals surface area contributed by atoms with Crippen LogP contribution in [0, 0.1) is 12.8 Å². The molecule has 0 fully saturated rings. The van der Waals surface area contributed by atoms with Crippen LogP contribution in [-0.4, -0.2) is 23.7 Å². The quantitative estimate of drug-likeness (QED) is 0.460. The van der Waals surface area contributed by atoms with Crippen LogP contribution >= 0.6 is 0 Å². The van der Waals surface area contributed by atoms with E-state index in [0.717, 1.165) is 24.0 Å². The van der Waals surface area contributed by atoms with Gasteiger partial charge in [-0.05, 0) is 76.1 Å². The molecule has 0 spiro atoms. The highest BCUT2D eigenvalue weighted by molar-refractivity contribution is 5.92. The molecule has 0 radical (unpaired) electrons. The van der Waals surface area contributed by atoms with E-state index in [-0.39, 0.29) is 11.5 Å². The molecular weight excluding hydrogens is 386 g/mol. The van der Waals surface area contributed by atoms with E-state index in [1.165, 1.54) is 0 Å². The van der Waals surface area contributed by atoms with Gasteiger partial charge in [0.05, 0.1) is 5.39 Å². The summed E-state index contributed by atoms with van der Waals surface area (Å²) >= 11 is 0. The summed E-state index contributed by atoms with van der Waals surface area (Å²) in [5.41, 5.74) is 1.73. The van der Waals surface area contributed by atoms with Crippen molar-refractivity contribution in [2.75, 3.05) is 0 Å². The summed E-state index contributed by atoms with van der Waals surface area (Å²) < 4.78 is 16.5. The van der Waals surface area contributed by atoms with Crippen LogP contribution in [0.4, 0.5) is 4.79 Å². The van der Waals surface area contributed by atoms with E-state index >= 15 is 0 Å². The van der Waals surface area contributed by atoms with Gasteiger partial charge in [-0.25, -0.2) is 14.4 Å². The van der Waals surface area contributed by atoms with Crippen LogP contribution in [0.3, 0.4) is 0 Å². The average molecular weight is 415 g/mol. The number of hydrogen-bond donors (Lipinski definition) is 1. The molecule has 1 atom stereocenters. The molecule has 162 valence electrons. The second-order valence-electron chi connectivity index (χ2n) is 9.13. The fourth-order valence-electron chi connectivity index (χ4n) is 3.69. The van der Waals surface area contributed by atoms with Crippen molar-refractivity contribution in [3.8, 4) is 5.75 Å². The van der Waals surface area contributed by atoms with Crippen LogP contribution in [0.1, 0.15) is 57.7 Å². The Bertz CT molecular complexity index is 1040. The summed E-state index contributed by atoms with van der Waals surface area (Å²) in [6, 6.07) is 2.63. The molecule has 7 nitrogen and oxygen atoms in total. The SMILES string of the molecule is Cc1cc(OC(=O)C(NC(=O)OC(C)(C)C)C(C)C)c2c3c(c(=O)oc2c1)CCC3. The highest BCUT2D eigenvalue weighted by atomic mass is 16.6. The first kappa shape index (κ1) is 21.9. The second kappa shape index (κ2) is 8.13. The Morgan fingerprint density at radius 2 is 1.80 bits per heavy atom. The number of carbonyl (C=O) groups is 2. The van der Waals surface area contributed by atoms with E-state index in [1.807, 2.05) is 20.8 Å². The Kier molecular flexibility index (Phi) is 5.92. The monoisotopic (exact) mass is 415 g/mol. The summed E-state index contributed by atoms with van der Waals surface area (Å²) in [4.78, 5) is 37.5. The first-order valence-electron chi connectivity index (χ1n) is 10.3. The fourth-order valence-corrected chi connectivity index (χ4v) is 3.69. The van der Waals surface area contributed by atoms with Crippen LogP contribution in [0.25, 0.3) is 11.0 Å². The molecule has 0 saturated carbocycles. The molecule has 0 bridgehead atoms. The van der Waals surface area contributed by atoms with Gasteiger partial charge >= 0.3 is 17.7 Å². The Morgan fingerprint density at radius 3 is 2.43 bits per heavy atom. The van der Waals surface area contributed by atoms with Gasteiger partial charge in [-0.2, -0.15) is 0 Å². The van der Waals surface area contributed by atoms with Gasteiger partial charge in [-0.1, -0.05) is 13.8 Å². The third-order valence-corrected chi connectivity index (χ3v) is 4.98. The van der Waals surface area contributed by atoms with Crippen LogP contribution in [-0.2, 0) is 22.4 Å². The third kappa shape index (κ3) is 4.66. The highest BCUT2D eigenvalue weighted by Crippen LogP contribution is 2.35. The maximum absolute atomic E-state index is 13.0. The minimum Gasteiger partial charge on any atom is -0.444 e. The molecule has 30 heavy (non-hydrogen) atoms. The lowest BCUT2D eigenvalue weighted by Gasteiger charge is -2.24. The first-order chi connectivity index (χ1) is 14.0. The summed E-state index contributed by atoms with van der Waals surface area (Å²) in [6.45, 7) is 10.7. The van der Waals surface area contributed by atoms with Crippen molar-refractivity contribution in [3.05, 3.63) is 39.2 Å². The zero-order valence-corrected chi connectivity index (χ0v) is 18.4. The molecule has 1 aliphatic rings. The van der Waals surface area contributed by atoms with E-state index in [1.54, 1.807) is 32.9 Å². The fraction of sp³-hybridized carbons (Fsp3) is 0.522.